The summed E-state index contributed by atoms with van der Waals surface area (Å²) in [4.78, 5) is 32.4. The van der Waals surface area contributed by atoms with Crippen LogP contribution < -0.4 is 10.2 Å². The van der Waals surface area contributed by atoms with Gasteiger partial charge < -0.3 is 15.1 Å². The number of hydrogen-bond acceptors (Lipinski definition) is 4. The van der Waals surface area contributed by atoms with E-state index in [0.29, 0.717) is 13.0 Å². The van der Waals surface area contributed by atoms with Gasteiger partial charge in [-0.2, -0.15) is 0 Å². The summed E-state index contributed by atoms with van der Waals surface area (Å²) < 4.78 is 0. The monoisotopic (exact) mass is 372 g/mol. The van der Waals surface area contributed by atoms with Gasteiger partial charge in [-0.1, -0.05) is 38.2 Å². The quantitative estimate of drug-likeness (QED) is 0.834. The van der Waals surface area contributed by atoms with Crippen molar-refractivity contribution >= 4 is 17.6 Å². The molecule has 6 nitrogen and oxygen atoms in total. The molecule has 1 aliphatic heterocycles. The molecule has 1 saturated carbocycles. The molecule has 148 valence electrons. The average molecular weight is 373 g/mol. The van der Waals surface area contributed by atoms with Crippen molar-refractivity contribution in [1.29, 1.82) is 0 Å². The molecule has 0 radical (unpaired) electrons. The Hall–Kier alpha value is -2.11. The van der Waals surface area contributed by atoms with E-state index in [9.17, 15) is 9.59 Å². The van der Waals surface area contributed by atoms with Crippen LogP contribution in [-0.4, -0.2) is 47.9 Å². The number of pyridine rings is 1. The first-order valence-electron chi connectivity index (χ1n) is 10.3. The highest BCUT2D eigenvalue weighted by molar-refractivity contribution is 5.76. The van der Waals surface area contributed by atoms with E-state index in [1.165, 1.54) is 32.1 Å². The molecule has 2 fully saturated rings. The molecule has 0 spiro atoms. The SMILES string of the molecule is CC(=O)N1CCN(c2ncccc2CNC(=O)CCC2CCCCC2)CC1. The van der Waals surface area contributed by atoms with Gasteiger partial charge in [0.2, 0.25) is 11.8 Å². The van der Waals surface area contributed by atoms with Crippen molar-refractivity contribution in [2.75, 3.05) is 31.1 Å². The number of aromatic nitrogens is 1. The first-order chi connectivity index (χ1) is 13.1. The second-order valence-corrected chi connectivity index (χ2v) is 7.80. The molecule has 6 heteroatoms. The maximum atomic E-state index is 12.3. The molecule has 2 heterocycles. The fourth-order valence-electron chi connectivity index (χ4n) is 4.18. The minimum absolute atomic E-state index is 0.126. The van der Waals surface area contributed by atoms with Gasteiger partial charge in [-0.05, 0) is 18.4 Å². The number of carbonyl (C=O) groups excluding carboxylic acids is 2. The zero-order valence-corrected chi connectivity index (χ0v) is 16.5. The average Bonchev–Trinajstić information content (AvgIpc) is 2.72. The number of amides is 2. The summed E-state index contributed by atoms with van der Waals surface area (Å²) in [6, 6.07) is 3.94. The summed E-state index contributed by atoms with van der Waals surface area (Å²) in [5, 5.41) is 3.07. The van der Waals surface area contributed by atoms with Gasteiger partial charge in [0.05, 0.1) is 0 Å². The van der Waals surface area contributed by atoms with Crippen molar-refractivity contribution in [3.8, 4) is 0 Å². The Labute approximate surface area is 162 Å². The third-order valence-electron chi connectivity index (χ3n) is 5.87. The normalized spacial score (nSPS) is 18.4. The van der Waals surface area contributed by atoms with Crippen LogP contribution in [0.15, 0.2) is 18.3 Å². The second-order valence-electron chi connectivity index (χ2n) is 7.80. The van der Waals surface area contributed by atoms with E-state index in [0.717, 1.165) is 49.9 Å². The van der Waals surface area contributed by atoms with Crippen molar-refractivity contribution in [1.82, 2.24) is 15.2 Å². The van der Waals surface area contributed by atoms with Crippen molar-refractivity contribution in [2.45, 2.75) is 58.4 Å². The highest BCUT2D eigenvalue weighted by Crippen LogP contribution is 2.27. The summed E-state index contributed by atoms with van der Waals surface area (Å²) in [5.41, 5.74) is 1.04. The van der Waals surface area contributed by atoms with Crippen molar-refractivity contribution in [3.05, 3.63) is 23.9 Å². The largest absolute Gasteiger partial charge is 0.353 e. The number of hydrogen-bond donors (Lipinski definition) is 1. The molecule has 0 aromatic carbocycles. The van der Waals surface area contributed by atoms with Gasteiger partial charge in [-0.25, -0.2) is 4.98 Å². The fraction of sp³-hybridized carbons (Fsp3) is 0.667. The lowest BCUT2D eigenvalue weighted by atomic mass is 9.86. The standard InChI is InChI=1S/C21H32N4O2/c1-17(26)24-12-14-25(15-13-24)21-19(8-5-11-22-21)16-23-20(27)10-9-18-6-3-2-4-7-18/h5,8,11,18H,2-4,6-7,9-10,12-16H2,1H3,(H,23,27). The molecule has 0 bridgehead atoms. The Bertz CT molecular complexity index is 635. The van der Waals surface area contributed by atoms with Crippen LogP contribution in [-0.2, 0) is 16.1 Å². The Morgan fingerprint density at radius 1 is 1.15 bits per heavy atom. The zero-order valence-electron chi connectivity index (χ0n) is 16.5. The van der Waals surface area contributed by atoms with Crippen LogP contribution >= 0.6 is 0 Å². The summed E-state index contributed by atoms with van der Waals surface area (Å²) in [6.45, 7) is 5.13. The van der Waals surface area contributed by atoms with E-state index < -0.39 is 0 Å². The Balaban J connectivity index is 1.49. The molecule has 1 aromatic heterocycles. The first-order valence-corrected chi connectivity index (χ1v) is 10.3. The van der Waals surface area contributed by atoms with Crippen LogP contribution in [0.1, 0.15) is 57.4 Å². The van der Waals surface area contributed by atoms with Crippen LogP contribution in [0.4, 0.5) is 5.82 Å². The number of anilines is 1. The minimum Gasteiger partial charge on any atom is -0.353 e. The molecule has 0 atom stereocenters. The molecule has 1 N–H and O–H groups in total. The van der Waals surface area contributed by atoms with Gasteiger partial charge in [0.25, 0.3) is 0 Å². The predicted octanol–water partition coefficient (Wildman–Crippen LogP) is 2.73. The highest BCUT2D eigenvalue weighted by Gasteiger charge is 2.21. The van der Waals surface area contributed by atoms with Crippen LogP contribution in [0.25, 0.3) is 0 Å². The third kappa shape index (κ3) is 5.68. The molecule has 0 unspecified atom stereocenters. The lowest BCUT2D eigenvalue weighted by molar-refractivity contribution is -0.129. The molecular formula is C21H32N4O2. The van der Waals surface area contributed by atoms with Gasteiger partial charge in [-0.3, -0.25) is 9.59 Å². The maximum absolute atomic E-state index is 12.3. The van der Waals surface area contributed by atoms with Crippen LogP contribution in [0.2, 0.25) is 0 Å². The number of carbonyl (C=O) groups is 2. The van der Waals surface area contributed by atoms with E-state index in [1.807, 2.05) is 17.0 Å². The molecule has 1 saturated heterocycles. The Kier molecular flexibility index (Phi) is 7.07. The number of nitrogens with zero attached hydrogens (tertiary/aromatic N) is 3. The zero-order chi connectivity index (χ0) is 19.1. The topological polar surface area (TPSA) is 65.5 Å². The molecule has 1 aliphatic carbocycles. The minimum atomic E-state index is 0.126. The van der Waals surface area contributed by atoms with Crippen molar-refractivity contribution < 1.29 is 9.59 Å². The van der Waals surface area contributed by atoms with Crippen molar-refractivity contribution in [2.24, 2.45) is 5.92 Å². The summed E-state index contributed by atoms with van der Waals surface area (Å²) in [6.07, 6.45) is 9.99. The van der Waals surface area contributed by atoms with Gasteiger partial charge in [0.15, 0.2) is 0 Å². The van der Waals surface area contributed by atoms with E-state index >= 15 is 0 Å². The van der Waals surface area contributed by atoms with E-state index in [2.05, 4.69) is 15.2 Å². The maximum Gasteiger partial charge on any atom is 0.220 e. The lowest BCUT2D eigenvalue weighted by Gasteiger charge is -2.35. The molecule has 1 aromatic rings. The smallest absolute Gasteiger partial charge is 0.220 e. The lowest BCUT2D eigenvalue weighted by Crippen LogP contribution is -2.48. The van der Waals surface area contributed by atoms with Crippen molar-refractivity contribution in [3.63, 3.8) is 0 Å². The predicted molar refractivity (Wildman–Crippen MR) is 106 cm³/mol. The molecule has 3 rings (SSSR count). The van der Waals surface area contributed by atoms with Crippen LogP contribution in [0, 0.1) is 5.92 Å². The molecular weight excluding hydrogens is 340 g/mol. The second kappa shape index (κ2) is 9.72. The van der Waals surface area contributed by atoms with Gasteiger partial charge >= 0.3 is 0 Å². The van der Waals surface area contributed by atoms with E-state index in [1.54, 1.807) is 13.1 Å². The van der Waals surface area contributed by atoms with E-state index in [4.69, 9.17) is 0 Å². The Morgan fingerprint density at radius 2 is 1.89 bits per heavy atom. The highest BCUT2D eigenvalue weighted by atomic mass is 16.2. The summed E-state index contributed by atoms with van der Waals surface area (Å²) in [7, 11) is 0. The van der Waals surface area contributed by atoms with E-state index in [-0.39, 0.29) is 11.8 Å². The molecule has 27 heavy (non-hydrogen) atoms. The number of nitrogens with one attached hydrogen (secondary N) is 1. The number of piperazine rings is 1. The summed E-state index contributed by atoms with van der Waals surface area (Å²) >= 11 is 0. The van der Waals surface area contributed by atoms with Crippen LogP contribution in [0.3, 0.4) is 0 Å². The Morgan fingerprint density at radius 3 is 2.59 bits per heavy atom. The fourth-order valence-corrected chi connectivity index (χ4v) is 4.18. The van der Waals surface area contributed by atoms with Gasteiger partial charge in [0.1, 0.15) is 5.82 Å². The first kappa shape index (κ1) is 19.6. The van der Waals surface area contributed by atoms with Gasteiger partial charge in [0, 0.05) is 57.8 Å². The summed E-state index contributed by atoms with van der Waals surface area (Å²) in [5.74, 6) is 1.92. The number of rotatable bonds is 6. The third-order valence-corrected chi connectivity index (χ3v) is 5.87. The van der Waals surface area contributed by atoms with Crippen LogP contribution in [0.5, 0.6) is 0 Å². The molecule has 2 aliphatic rings. The van der Waals surface area contributed by atoms with Gasteiger partial charge in [-0.15, -0.1) is 0 Å². The molecule has 2 amide bonds.